The van der Waals surface area contributed by atoms with Crippen molar-refractivity contribution in [1.29, 1.82) is 0 Å². The SMILES string of the molecule is C=CC(=O)NC(C)C(C)OC. The third-order valence-electron chi connectivity index (χ3n) is 1.63. The maximum Gasteiger partial charge on any atom is 0.243 e. The van der Waals surface area contributed by atoms with Crippen LogP contribution in [0.1, 0.15) is 13.8 Å². The minimum Gasteiger partial charge on any atom is -0.380 e. The Morgan fingerprint density at radius 3 is 2.55 bits per heavy atom. The van der Waals surface area contributed by atoms with Crippen LogP contribution in [0.2, 0.25) is 0 Å². The second-order valence-corrected chi connectivity index (χ2v) is 2.44. The Hall–Kier alpha value is -0.830. The Bertz CT molecular complexity index is 145. The van der Waals surface area contributed by atoms with Crippen molar-refractivity contribution < 1.29 is 9.53 Å². The quantitative estimate of drug-likeness (QED) is 0.610. The molecule has 0 saturated heterocycles. The Balaban J connectivity index is 3.76. The highest BCUT2D eigenvalue weighted by molar-refractivity contribution is 5.87. The van der Waals surface area contributed by atoms with E-state index < -0.39 is 0 Å². The predicted molar refractivity (Wildman–Crippen MR) is 44.3 cm³/mol. The van der Waals surface area contributed by atoms with E-state index in [1.807, 2.05) is 13.8 Å². The number of ether oxygens (including phenoxy) is 1. The molecular weight excluding hydrogens is 142 g/mol. The van der Waals surface area contributed by atoms with Crippen LogP contribution < -0.4 is 5.32 Å². The van der Waals surface area contributed by atoms with E-state index in [9.17, 15) is 4.79 Å². The van der Waals surface area contributed by atoms with Crippen LogP contribution in [0.3, 0.4) is 0 Å². The molecule has 0 aromatic carbocycles. The number of rotatable bonds is 4. The van der Waals surface area contributed by atoms with Crippen molar-refractivity contribution in [2.45, 2.75) is 26.0 Å². The lowest BCUT2D eigenvalue weighted by molar-refractivity contribution is -0.117. The monoisotopic (exact) mass is 157 g/mol. The molecule has 0 aromatic rings. The normalized spacial score (nSPS) is 15.2. The van der Waals surface area contributed by atoms with Crippen LogP contribution in [0.5, 0.6) is 0 Å². The molecule has 0 heterocycles. The minimum atomic E-state index is -0.165. The maximum absolute atomic E-state index is 10.8. The summed E-state index contributed by atoms with van der Waals surface area (Å²) in [5.41, 5.74) is 0. The van der Waals surface area contributed by atoms with Gasteiger partial charge in [0.1, 0.15) is 0 Å². The largest absolute Gasteiger partial charge is 0.380 e. The number of nitrogens with one attached hydrogen (secondary N) is 1. The van der Waals surface area contributed by atoms with E-state index in [0.29, 0.717) is 0 Å². The molecule has 2 atom stereocenters. The molecule has 0 aliphatic rings. The van der Waals surface area contributed by atoms with Gasteiger partial charge < -0.3 is 10.1 Å². The molecule has 0 aliphatic carbocycles. The summed E-state index contributed by atoms with van der Waals surface area (Å²) in [6, 6.07) is 0.0190. The van der Waals surface area contributed by atoms with Gasteiger partial charge in [0, 0.05) is 7.11 Å². The number of amides is 1. The fourth-order valence-corrected chi connectivity index (χ4v) is 0.605. The first kappa shape index (κ1) is 10.2. The molecule has 3 heteroatoms. The fraction of sp³-hybridized carbons (Fsp3) is 0.625. The molecule has 0 radical (unpaired) electrons. The molecule has 1 N–H and O–H groups in total. The molecule has 0 rings (SSSR count). The third-order valence-corrected chi connectivity index (χ3v) is 1.63. The van der Waals surface area contributed by atoms with Crippen molar-refractivity contribution in [1.82, 2.24) is 5.32 Å². The van der Waals surface area contributed by atoms with Gasteiger partial charge in [0.2, 0.25) is 5.91 Å². The van der Waals surface area contributed by atoms with Crippen LogP contribution in [0.15, 0.2) is 12.7 Å². The molecule has 0 spiro atoms. The van der Waals surface area contributed by atoms with Crippen LogP contribution in [0.25, 0.3) is 0 Å². The Kier molecular flexibility index (Phi) is 4.54. The van der Waals surface area contributed by atoms with Crippen molar-refractivity contribution >= 4 is 5.91 Å². The molecular formula is C8H15NO2. The third kappa shape index (κ3) is 3.78. The van der Waals surface area contributed by atoms with Gasteiger partial charge >= 0.3 is 0 Å². The molecule has 0 bridgehead atoms. The molecule has 0 fully saturated rings. The van der Waals surface area contributed by atoms with Crippen molar-refractivity contribution in [2.24, 2.45) is 0 Å². The molecule has 2 unspecified atom stereocenters. The van der Waals surface area contributed by atoms with Crippen LogP contribution >= 0.6 is 0 Å². The Morgan fingerprint density at radius 2 is 2.18 bits per heavy atom. The van der Waals surface area contributed by atoms with E-state index >= 15 is 0 Å². The van der Waals surface area contributed by atoms with Crippen LogP contribution in [0.4, 0.5) is 0 Å². The number of carbonyl (C=O) groups excluding carboxylic acids is 1. The summed E-state index contributed by atoms with van der Waals surface area (Å²) in [5.74, 6) is -0.165. The zero-order valence-electron chi connectivity index (χ0n) is 7.26. The number of hydrogen-bond donors (Lipinski definition) is 1. The molecule has 0 aromatic heterocycles. The van der Waals surface area contributed by atoms with E-state index in [0.717, 1.165) is 0 Å². The standard InChI is InChI=1S/C8H15NO2/c1-5-8(10)9-6(2)7(3)11-4/h5-7H,1H2,2-4H3,(H,9,10). The first-order valence-corrected chi connectivity index (χ1v) is 3.57. The zero-order valence-corrected chi connectivity index (χ0v) is 7.26. The van der Waals surface area contributed by atoms with Gasteiger partial charge in [-0.3, -0.25) is 4.79 Å². The first-order chi connectivity index (χ1) is 5.11. The summed E-state index contributed by atoms with van der Waals surface area (Å²) >= 11 is 0. The summed E-state index contributed by atoms with van der Waals surface area (Å²) < 4.78 is 5.01. The van der Waals surface area contributed by atoms with Gasteiger partial charge in [-0.15, -0.1) is 0 Å². The lowest BCUT2D eigenvalue weighted by Crippen LogP contribution is -2.39. The summed E-state index contributed by atoms with van der Waals surface area (Å²) in [6.45, 7) is 7.13. The van der Waals surface area contributed by atoms with E-state index in [1.54, 1.807) is 7.11 Å². The number of methoxy groups -OCH3 is 1. The van der Waals surface area contributed by atoms with Gasteiger partial charge in [0.25, 0.3) is 0 Å². The van der Waals surface area contributed by atoms with E-state index in [-0.39, 0.29) is 18.1 Å². The molecule has 0 saturated carbocycles. The highest BCUT2D eigenvalue weighted by Crippen LogP contribution is 1.95. The van der Waals surface area contributed by atoms with Gasteiger partial charge in [-0.05, 0) is 19.9 Å². The molecule has 1 amide bonds. The topological polar surface area (TPSA) is 38.3 Å². The highest BCUT2D eigenvalue weighted by Gasteiger charge is 2.11. The summed E-state index contributed by atoms with van der Waals surface area (Å²) in [4.78, 5) is 10.8. The molecule has 11 heavy (non-hydrogen) atoms. The van der Waals surface area contributed by atoms with E-state index in [2.05, 4.69) is 11.9 Å². The zero-order chi connectivity index (χ0) is 8.85. The van der Waals surface area contributed by atoms with Gasteiger partial charge in [0.05, 0.1) is 12.1 Å². The fourth-order valence-electron chi connectivity index (χ4n) is 0.605. The van der Waals surface area contributed by atoms with Crippen molar-refractivity contribution in [2.75, 3.05) is 7.11 Å². The van der Waals surface area contributed by atoms with Crippen LogP contribution in [-0.4, -0.2) is 25.2 Å². The van der Waals surface area contributed by atoms with Gasteiger partial charge in [0.15, 0.2) is 0 Å². The summed E-state index contributed by atoms with van der Waals surface area (Å²) in [6.07, 6.45) is 1.28. The maximum atomic E-state index is 10.8. The number of carbonyl (C=O) groups is 1. The van der Waals surface area contributed by atoms with Gasteiger partial charge in [-0.2, -0.15) is 0 Å². The molecule has 0 aliphatic heterocycles. The predicted octanol–water partition coefficient (Wildman–Crippen LogP) is 0.712. The van der Waals surface area contributed by atoms with Crippen LogP contribution in [-0.2, 0) is 9.53 Å². The second kappa shape index (κ2) is 4.91. The Morgan fingerprint density at radius 1 is 1.64 bits per heavy atom. The van der Waals surface area contributed by atoms with Crippen LogP contribution in [0, 0.1) is 0 Å². The van der Waals surface area contributed by atoms with Crippen molar-refractivity contribution in [3.8, 4) is 0 Å². The summed E-state index contributed by atoms with van der Waals surface area (Å²) in [5, 5.41) is 2.70. The molecule has 64 valence electrons. The van der Waals surface area contributed by atoms with Crippen molar-refractivity contribution in [3.63, 3.8) is 0 Å². The van der Waals surface area contributed by atoms with Crippen molar-refractivity contribution in [3.05, 3.63) is 12.7 Å². The molecule has 3 nitrogen and oxygen atoms in total. The number of hydrogen-bond acceptors (Lipinski definition) is 2. The highest BCUT2D eigenvalue weighted by atomic mass is 16.5. The average Bonchev–Trinajstić information content (AvgIpc) is 2.02. The average molecular weight is 157 g/mol. The Labute approximate surface area is 67.4 Å². The lowest BCUT2D eigenvalue weighted by atomic mass is 10.2. The summed E-state index contributed by atoms with van der Waals surface area (Å²) in [7, 11) is 1.61. The minimum absolute atomic E-state index is 0.0190. The lowest BCUT2D eigenvalue weighted by Gasteiger charge is -2.18. The second-order valence-electron chi connectivity index (χ2n) is 2.44. The smallest absolute Gasteiger partial charge is 0.243 e. The van der Waals surface area contributed by atoms with E-state index in [1.165, 1.54) is 6.08 Å². The van der Waals surface area contributed by atoms with Gasteiger partial charge in [-0.1, -0.05) is 6.58 Å². The first-order valence-electron chi connectivity index (χ1n) is 3.57. The van der Waals surface area contributed by atoms with Gasteiger partial charge in [-0.25, -0.2) is 0 Å². The van der Waals surface area contributed by atoms with E-state index in [4.69, 9.17) is 4.74 Å².